The largest absolute Gasteiger partial charge is 0.497 e. The van der Waals surface area contributed by atoms with Crippen molar-refractivity contribution in [3.8, 4) is 5.75 Å². The summed E-state index contributed by atoms with van der Waals surface area (Å²) in [5.41, 5.74) is 1.89. The molecule has 0 amide bonds. The van der Waals surface area contributed by atoms with Crippen molar-refractivity contribution in [3.63, 3.8) is 0 Å². The van der Waals surface area contributed by atoms with Crippen LogP contribution in [-0.2, 0) is 10.0 Å². The lowest BCUT2D eigenvalue weighted by molar-refractivity contribution is 0.0117. The van der Waals surface area contributed by atoms with Gasteiger partial charge in [-0.3, -0.25) is 14.2 Å². The standard InChI is InChI=1S/C23H27N5O4S3/c1-27(35(30,31)20-5-3-4-6-24-20)18-13-16(32-2)11-15-12-17(26-21(15)18)22-25-14-19(34-22)23(29)28-7-9-33-10-8-28/h3-6,11-13,19,23,26,29H,7-10,14H2,1-2H3. The fraction of sp³-hybridized carbons (Fsp3) is 0.391. The monoisotopic (exact) mass is 533 g/mol. The SMILES string of the molecule is COc1cc(N(C)S(=O)(=O)c2ccccn2)c2[nH]c(C3=NCC(C(O)N4CCSCC4)S3)cc2c1. The van der Waals surface area contributed by atoms with Crippen LogP contribution in [-0.4, -0.2) is 90.2 Å². The first-order valence-corrected chi connectivity index (χ1v) is 14.7. The summed E-state index contributed by atoms with van der Waals surface area (Å²) in [4.78, 5) is 14.2. The molecule has 1 saturated heterocycles. The van der Waals surface area contributed by atoms with Crippen molar-refractivity contribution in [2.75, 3.05) is 49.6 Å². The van der Waals surface area contributed by atoms with Gasteiger partial charge in [0.1, 0.15) is 17.0 Å². The number of hydrogen-bond donors (Lipinski definition) is 2. The first kappa shape index (κ1) is 24.4. The Morgan fingerprint density at radius 2 is 2.06 bits per heavy atom. The number of rotatable bonds is 7. The molecule has 2 aliphatic rings. The van der Waals surface area contributed by atoms with Gasteiger partial charge in [-0.25, -0.2) is 4.98 Å². The highest BCUT2D eigenvalue weighted by Gasteiger charge is 2.33. The first-order chi connectivity index (χ1) is 16.9. The van der Waals surface area contributed by atoms with Gasteiger partial charge in [0.25, 0.3) is 10.0 Å². The molecule has 9 nitrogen and oxygen atoms in total. The lowest BCUT2D eigenvalue weighted by atomic mass is 10.2. The van der Waals surface area contributed by atoms with Crippen LogP contribution in [0.4, 0.5) is 5.69 Å². The maximum atomic E-state index is 13.3. The quantitative estimate of drug-likeness (QED) is 0.477. The average molecular weight is 534 g/mol. The van der Waals surface area contributed by atoms with E-state index in [9.17, 15) is 13.5 Å². The lowest BCUT2D eigenvalue weighted by Crippen LogP contribution is -2.46. The number of anilines is 1. The molecule has 5 rings (SSSR count). The van der Waals surface area contributed by atoms with Gasteiger partial charge in [-0.1, -0.05) is 17.8 Å². The average Bonchev–Trinajstić information content (AvgIpc) is 3.55. The Bertz CT molecular complexity index is 1340. The van der Waals surface area contributed by atoms with E-state index in [2.05, 4.69) is 14.9 Å². The number of thioether (sulfide) groups is 2. The second-order valence-electron chi connectivity index (χ2n) is 8.30. The zero-order valence-electron chi connectivity index (χ0n) is 19.4. The normalized spacial score (nSPS) is 20.1. The van der Waals surface area contributed by atoms with Crippen LogP contribution in [0.5, 0.6) is 5.75 Å². The molecule has 2 atom stereocenters. The third-order valence-electron chi connectivity index (χ3n) is 6.18. The molecule has 0 saturated carbocycles. The van der Waals surface area contributed by atoms with Crippen LogP contribution >= 0.6 is 23.5 Å². The van der Waals surface area contributed by atoms with E-state index in [0.717, 1.165) is 40.7 Å². The number of ether oxygens (including phenoxy) is 1. The highest BCUT2D eigenvalue weighted by atomic mass is 32.2. The molecular weight excluding hydrogens is 506 g/mol. The number of aromatic amines is 1. The first-order valence-electron chi connectivity index (χ1n) is 11.2. The minimum Gasteiger partial charge on any atom is -0.497 e. The van der Waals surface area contributed by atoms with Crippen molar-refractivity contribution >= 4 is 55.2 Å². The highest BCUT2D eigenvalue weighted by molar-refractivity contribution is 8.15. The van der Waals surface area contributed by atoms with E-state index < -0.39 is 16.3 Å². The number of aliphatic imine (C=N–C) groups is 1. The van der Waals surface area contributed by atoms with Crippen molar-refractivity contribution in [2.45, 2.75) is 16.5 Å². The van der Waals surface area contributed by atoms with E-state index in [1.165, 1.54) is 23.6 Å². The Kier molecular flexibility index (Phi) is 6.99. The van der Waals surface area contributed by atoms with E-state index in [-0.39, 0.29) is 10.3 Å². The summed E-state index contributed by atoms with van der Waals surface area (Å²) in [7, 11) is -0.827. The van der Waals surface area contributed by atoms with Crippen LogP contribution in [0.2, 0.25) is 0 Å². The Morgan fingerprint density at radius 1 is 1.26 bits per heavy atom. The number of methoxy groups -OCH3 is 1. The number of sulfonamides is 1. The van der Waals surface area contributed by atoms with E-state index in [1.807, 2.05) is 23.9 Å². The molecule has 0 spiro atoms. The zero-order chi connectivity index (χ0) is 24.6. The van der Waals surface area contributed by atoms with Gasteiger partial charge in [-0.2, -0.15) is 20.2 Å². The van der Waals surface area contributed by atoms with Gasteiger partial charge in [0.15, 0.2) is 5.03 Å². The van der Waals surface area contributed by atoms with Crippen molar-refractivity contribution < 1.29 is 18.3 Å². The smallest absolute Gasteiger partial charge is 0.281 e. The lowest BCUT2D eigenvalue weighted by Gasteiger charge is -2.33. The second-order valence-corrected chi connectivity index (χ2v) is 12.7. The number of aliphatic hydroxyl groups excluding tert-OH is 1. The third-order valence-corrected chi connectivity index (χ3v) is 10.1. The molecule has 2 aliphatic heterocycles. The topological polar surface area (TPSA) is 111 Å². The Hall–Kier alpha value is -2.25. The molecule has 35 heavy (non-hydrogen) atoms. The Labute approximate surface area is 213 Å². The van der Waals surface area contributed by atoms with Gasteiger partial charge in [0, 0.05) is 49.3 Å². The van der Waals surface area contributed by atoms with E-state index >= 15 is 0 Å². The number of fused-ring (bicyclic) bond motifs is 1. The minimum atomic E-state index is -3.88. The minimum absolute atomic E-state index is 0.0334. The molecule has 0 bridgehead atoms. The fourth-order valence-electron chi connectivity index (χ4n) is 4.22. The van der Waals surface area contributed by atoms with Crippen LogP contribution in [0.1, 0.15) is 5.69 Å². The summed E-state index contributed by atoms with van der Waals surface area (Å²) in [6, 6.07) is 10.3. The molecule has 186 valence electrons. The molecule has 2 N–H and O–H groups in total. The predicted molar refractivity (Wildman–Crippen MR) is 142 cm³/mol. The van der Waals surface area contributed by atoms with Crippen molar-refractivity contribution in [1.29, 1.82) is 0 Å². The summed E-state index contributed by atoms with van der Waals surface area (Å²) in [5, 5.41) is 12.4. The van der Waals surface area contributed by atoms with Gasteiger partial charge in [-0.05, 0) is 24.3 Å². The molecule has 12 heteroatoms. The van der Waals surface area contributed by atoms with Gasteiger partial charge in [-0.15, -0.1) is 0 Å². The number of nitrogens with one attached hydrogen (secondary N) is 1. The van der Waals surface area contributed by atoms with Crippen LogP contribution in [0.3, 0.4) is 0 Å². The molecule has 4 heterocycles. The van der Waals surface area contributed by atoms with Crippen molar-refractivity contribution in [2.24, 2.45) is 4.99 Å². The molecule has 1 aromatic carbocycles. The molecule has 2 aromatic heterocycles. The number of pyridine rings is 1. The fourth-order valence-corrected chi connectivity index (χ4v) is 7.40. The molecule has 3 aromatic rings. The van der Waals surface area contributed by atoms with Gasteiger partial charge in [0.2, 0.25) is 0 Å². The Balaban J connectivity index is 1.45. The number of H-pyrrole nitrogens is 1. The van der Waals surface area contributed by atoms with Crippen LogP contribution in [0.15, 0.2) is 52.6 Å². The molecule has 0 aliphatic carbocycles. The summed E-state index contributed by atoms with van der Waals surface area (Å²) in [5.74, 6) is 2.60. The summed E-state index contributed by atoms with van der Waals surface area (Å²) in [6.07, 6.45) is 0.911. The zero-order valence-corrected chi connectivity index (χ0v) is 21.9. The van der Waals surface area contributed by atoms with Crippen molar-refractivity contribution in [3.05, 3.63) is 48.3 Å². The number of aromatic nitrogens is 2. The summed E-state index contributed by atoms with van der Waals surface area (Å²) in [6.45, 7) is 2.29. The molecule has 0 radical (unpaired) electrons. The summed E-state index contributed by atoms with van der Waals surface area (Å²) >= 11 is 3.47. The van der Waals surface area contributed by atoms with Gasteiger partial charge < -0.3 is 14.8 Å². The number of nitrogens with zero attached hydrogens (tertiary/aromatic N) is 4. The van der Waals surface area contributed by atoms with Gasteiger partial charge in [0.05, 0.1) is 35.8 Å². The number of benzene rings is 1. The van der Waals surface area contributed by atoms with Gasteiger partial charge >= 0.3 is 0 Å². The van der Waals surface area contributed by atoms with Crippen LogP contribution in [0.25, 0.3) is 10.9 Å². The predicted octanol–water partition coefficient (Wildman–Crippen LogP) is 2.63. The molecule has 1 fully saturated rings. The molecular formula is C23H27N5O4S3. The van der Waals surface area contributed by atoms with E-state index in [1.54, 1.807) is 37.1 Å². The summed E-state index contributed by atoms with van der Waals surface area (Å²) < 4.78 is 33.2. The number of aliphatic hydroxyl groups is 1. The van der Waals surface area contributed by atoms with Crippen molar-refractivity contribution in [1.82, 2.24) is 14.9 Å². The highest BCUT2D eigenvalue weighted by Crippen LogP contribution is 2.36. The maximum Gasteiger partial charge on any atom is 0.281 e. The number of hydrogen-bond acceptors (Lipinski definition) is 9. The van der Waals surface area contributed by atoms with Crippen LogP contribution in [0, 0.1) is 0 Å². The maximum absolute atomic E-state index is 13.3. The van der Waals surface area contributed by atoms with E-state index in [0.29, 0.717) is 23.5 Å². The second kappa shape index (κ2) is 10.0. The van der Waals surface area contributed by atoms with E-state index in [4.69, 9.17) is 9.73 Å². The Morgan fingerprint density at radius 3 is 2.77 bits per heavy atom. The third kappa shape index (κ3) is 4.77. The molecule has 2 unspecified atom stereocenters. The van der Waals surface area contributed by atoms with Crippen LogP contribution < -0.4 is 9.04 Å².